The molecule has 0 saturated heterocycles. The molecule has 0 N–H and O–H groups in total. The fourth-order valence-corrected chi connectivity index (χ4v) is 3.83. The molecule has 0 saturated carbocycles. The van der Waals surface area contributed by atoms with Crippen LogP contribution in [0.25, 0.3) is 6.08 Å². The second-order valence-corrected chi connectivity index (χ2v) is 7.09. The monoisotopic (exact) mass is 404 g/mol. The summed E-state index contributed by atoms with van der Waals surface area (Å²) in [5.41, 5.74) is 1.05. The van der Waals surface area contributed by atoms with Crippen molar-refractivity contribution in [2.45, 2.75) is 27.2 Å². The van der Waals surface area contributed by atoms with Crippen LogP contribution in [-0.2, 0) is 20.8 Å². The normalized spacial score (nSPS) is 13.8. The lowest BCUT2D eigenvalue weighted by molar-refractivity contribution is -0.133. The minimum Gasteiger partial charge on any atom is -0.426 e. The molecule has 2 aromatic rings. The molecular weight excluding hydrogens is 388 g/mol. The summed E-state index contributed by atoms with van der Waals surface area (Å²) in [6.07, 6.45) is 1.58. The number of carbonyl (C=O) groups excluding carboxylic acids is 5. The van der Waals surface area contributed by atoms with Crippen molar-refractivity contribution < 1.29 is 33.4 Å². The molecule has 0 atom stereocenters. The summed E-state index contributed by atoms with van der Waals surface area (Å²) in [5.74, 6) is -2.84. The highest BCUT2D eigenvalue weighted by molar-refractivity contribution is 6.31. The number of carbonyl (C=O) groups is 5. The molecule has 7 heteroatoms. The number of fused-ring (bicyclic) bond motifs is 3. The van der Waals surface area contributed by atoms with Crippen LogP contribution in [0.5, 0.6) is 11.5 Å². The molecule has 0 fully saturated rings. The van der Waals surface area contributed by atoms with Crippen molar-refractivity contribution in [3.05, 3.63) is 63.2 Å². The average Bonchev–Trinajstić information content (AvgIpc) is 3.13. The van der Waals surface area contributed by atoms with Gasteiger partial charge in [-0.15, -0.1) is 0 Å². The lowest BCUT2D eigenvalue weighted by Crippen LogP contribution is -2.25. The minimum atomic E-state index is -0.691. The Balaban J connectivity index is 2.12. The first-order valence-electron chi connectivity index (χ1n) is 9.20. The van der Waals surface area contributed by atoms with Crippen molar-refractivity contribution in [2.75, 3.05) is 0 Å². The summed E-state index contributed by atoms with van der Waals surface area (Å²) in [6, 6.07) is 6.25. The van der Waals surface area contributed by atoms with Crippen molar-refractivity contribution in [1.82, 2.24) is 0 Å². The first-order chi connectivity index (χ1) is 14.2. The van der Waals surface area contributed by atoms with Crippen LogP contribution in [0.3, 0.4) is 0 Å². The van der Waals surface area contributed by atoms with Crippen molar-refractivity contribution >= 4 is 35.4 Å². The van der Waals surface area contributed by atoms with Gasteiger partial charge in [-0.25, -0.2) is 0 Å². The molecule has 2 aliphatic carbocycles. The van der Waals surface area contributed by atoms with Crippen LogP contribution < -0.4 is 9.47 Å². The van der Waals surface area contributed by atoms with Gasteiger partial charge in [0, 0.05) is 48.1 Å². The Kier molecular flexibility index (Phi) is 4.46. The number of esters is 2. The number of allylic oxidation sites excluding steroid dienone is 1. The highest BCUT2D eigenvalue weighted by Crippen LogP contribution is 2.48. The number of Topliss-reactive ketones (excluding diaryl/α,β-unsaturated/α-hetero) is 1. The molecule has 7 nitrogen and oxygen atoms in total. The third kappa shape index (κ3) is 2.86. The molecule has 0 amide bonds. The number of hydrogen-bond acceptors (Lipinski definition) is 7. The number of ether oxygens (including phenoxy) is 2. The van der Waals surface area contributed by atoms with E-state index in [1.54, 1.807) is 12.1 Å². The zero-order valence-corrected chi connectivity index (χ0v) is 16.5. The minimum absolute atomic E-state index is 0.0799. The zero-order valence-electron chi connectivity index (χ0n) is 16.5. The lowest BCUT2D eigenvalue weighted by atomic mass is 9.80. The highest BCUT2D eigenvalue weighted by atomic mass is 16.5. The molecule has 2 aliphatic rings. The molecule has 150 valence electrons. The van der Waals surface area contributed by atoms with E-state index in [2.05, 4.69) is 0 Å². The van der Waals surface area contributed by atoms with Crippen molar-refractivity contribution in [1.29, 1.82) is 0 Å². The first-order valence-corrected chi connectivity index (χ1v) is 9.20. The van der Waals surface area contributed by atoms with E-state index in [1.807, 2.05) is 0 Å². The molecular formula is C23H16O7. The fraction of sp³-hybridized carbons (Fsp3) is 0.174. The van der Waals surface area contributed by atoms with Crippen LogP contribution in [0.15, 0.2) is 29.8 Å². The maximum absolute atomic E-state index is 13.3. The Labute approximate surface area is 171 Å². The van der Waals surface area contributed by atoms with Gasteiger partial charge >= 0.3 is 11.9 Å². The Bertz CT molecular complexity index is 1230. The van der Waals surface area contributed by atoms with Gasteiger partial charge in [-0.05, 0) is 13.0 Å². The number of rotatable bonds is 3. The fourth-order valence-electron chi connectivity index (χ4n) is 3.83. The molecule has 0 spiro atoms. The molecule has 0 heterocycles. The Morgan fingerprint density at radius 2 is 1.30 bits per heavy atom. The van der Waals surface area contributed by atoms with Gasteiger partial charge < -0.3 is 9.47 Å². The molecule has 2 aromatic carbocycles. The largest absolute Gasteiger partial charge is 0.426 e. The molecule has 0 radical (unpaired) electrons. The summed E-state index contributed by atoms with van der Waals surface area (Å²) in [7, 11) is 0. The lowest BCUT2D eigenvalue weighted by Gasteiger charge is -2.24. The van der Waals surface area contributed by atoms with Gasteiger partial charge in [-0.3, -0.25) is 24.0 Å². The highest BCUT2D eigenvalue weighted by Gasteiger charge is 2.40. The van der Waals surface area contributed by atoms with E-state index in [0.717, 1.165) is 0 Å². The quantitative estimate of drug-likeness (QED) is 0.488. The van der Waals surface area contributed by atoms with E-state index in [9.17, 15) is 24.0 Å². The van der Waals surface area contributed by atoms with Gasteiger partial charge in [0.05, 0.1) is 11.1 Å². The smallest absolute Gasteiger partial charge is 0.308 e. The van der Waals surface area contributed by atoms with Crippen molar-refractivity contribution in [3.63, 3.8) is 0 Å². The van der Waals surface area contributed by atoms with Crippen LogP contribution >= 0.6 is 0 Å². The number of benzene rings is 2. The number of ketones is 3. The Morgan fingerprint density at radius 1 is 0.800 bits per heavy atom. The van der Waals surface area contributed by atoms with Crippen LogP contribution in [0.2, 0.25) is 0 Å². The van der Waals surface area contributed by atoms with Gasteiger partial charge in [0.2, 0.25) is 0 Å². The topological polar surface area (TPSA) is 104 Å². The molecule has 0 unspecified atom stereocenters. The van der Waals surface area contributed by atoms with Crippen LogP contribution in [-0.4, -0.2) is 29.3 Å². The van der Waals surface area contributed by atoms with Crippen LogP contribution in [0, 0.1) is 0 Å². The molecule has 0 aromatic heterocycles. The molecule has 0 aliphatic heterocycles. The summed E-state index contributed by atoms with van der Waals surface area (Å²) in [4.78, 5) is 62.3. The predicted octanol–water partition coefficient (Wildman–Crippen LogP) is 2.84. The summed E-state index contributed by atoms with van der Waals surface area (Å²) in [6.45, 7) is 3.73. The predicted molar refractivity (Wildman–Crippen MR) is 105 cm³/mol. The van der Waals surface area contributed by atoms with Crippen LogP contribution in [0.4, 0.5) is 0 Å². The molecule has 4 rings (SSSR count). The SMILES string of the molecule is CC(=O)Oc1c2c(c(OC(C)=O)c3c1C(=O)c1ccccc1C3=O)CC(C(C)=O)=C2. The van der Waals surface area contributed by atoms with E-state index < -0.39 is 23.5 Å². The molecule has 30 heavy (non-hydrogen) atoms. The van der Waals surface area contributed by atoms with Gasteiger partial charge in [-0.1, -0.05) is 24.3 Å². The third-order valence-corrected chi connectivity index (χ3v) is 5.05. The third-order valence-electron chi connectivity index (χ3n) is 5.05. The standard InChI is InChI=1S/C23H16O7/c1-10(24)13-8-16-17(9-13)23(30-12(3)26)19-18(22(16)29-11(2)25)20(27)14-6-4-5-7-15(14)21(19)28/h4-8H,9H2,1-3H3. The maximum atomic E-state index is 13.3. The average molecular weight is 404 g/mol. The van der Waals surface area contributed by atoms with E-state index in [4.69, 9.17) is 9.47 Å². The van der Waals surface area contributed by atoms with Gasteiger partial charge in [0.25, 0.3) is 0 Å². The zero-order chi connectivity index (χ0) is 21.7. The second kappa shape index (κ2) is 6.88. The van der Waals surface area contributed by atoms with Gasteiger partial charge in [-0.2, -0.15) is 0 Å². The van der Waals surface area contributed by atoms with Crippen molar-refractivity contribution in [3.8, 4) is 11.5 Å². The van der Waals surface area contributed by atoms with Crippen LogP contribution in [0.1, 0.15) is 63.7 Å². The Morgan fingerprint density at radius 3 is 1.80 bits per heavy atom. The summed E-state index contributed by atoms with van der Waals surface area (Å²) < 4.78 is 10.7. The van der Waals surface area contributed by atoms with Gasteiger partial charge in [0.1, 0.15) is 5.75 Å². The van der Waals surface area contributed by atoms with E-state index in [0.29, 0.717) is 11.1 Å². The van der Waals surface area contributed by atoms with E-state index in [-0.39, 0.29) is 51.5 Å². The molecule has 0 bridgehead atoms. The second-order valence-electron chi connectivity index (χ2n) is 7.09. The number of hydrogen-bond donors (Lipinski definition) is 0. The summed E-state index contributed by atoms with van der Waals surface area (Å²) >= 11 is 0. The van der Waals surface area contributed by atoms with Crippen molar-refractivity contribution in [2.24, 2.45) is 0 Å². The first kappa shape index (κ1) is 19.4. The Hall–Kier alpha value is -3.87. The van der Waals surface area contributed by atoms with E-state index >= 15 is 0 Å². The maximum Gasteiger partial charge on any atom is 0.308 e. The summed E-state index contributed by atoms with van der Waals surface area (Å²) in [5, 5.41) is 0. The van der Waals surface area contributed by atoms with Gasteiger partial charge in [0.15, 0.2) is 23.1 Å². The van der Waals surface area contributed by atoms with E-state index in [1.165, 1.54) is 39.0 Å².